The molecule has 0 bridgehead atoms. The molecule has 7 nitrogen and oxygen atoms in total. The van der Waals surface area contributed by atoms with Crippen molar-refractivity contribution in [1.29, 1.82) is 5.26 Å². The Morgan fingerprint density at radius 1 is 1.29 bits per heavy atom. The Kier molecular flexibility index (Phi) is 6.14. The minimum Gasteiger partial charge on any atom is -0.495 e. The molecule has 0 fully saturated rings. The first-order valence-corrected chi connectivity index (χ1v) is 8.82. The predicted molar refractivity (Wildman–Crippen MR) is 106 cm³/mol. The maximum atomic E-state index is 12.1. The number of amides is 1. The lowest BCUT2D eigenvalue weighted by Gasteiger charge is -2.08. The molecule has 0 atom stereocenters. The number of carbonyl (C=O) groups is 1. The number of anilines is 2. The van der Waals surface area contributed by atoms with Crippen molar-refractivity contribution in [3.63, 3.8) is 0 Å². The minimum atomic E-state index is -0.213. The fourth-order valence-corrected chi connectivity index (χ4v) is 2.73. The van der Waals surface area contributed by atoms with Gasteiger partial charge in [0.25, 0.3) is 0 Å². The van der Waals surface area contributed by atoms with E-state index in [1.807, 2.05) is 36.4 Å². The summed E-state index contributed by atoms with van der Waals surface area (Å²) in [5, 5.41) is 15.3. The second-order valence-corrected chi connectivity index (χ2v) is 6.16. The largest absolute Gasteiger partial charge is 0.495 e. The summed E-state index contributed by atoms with van der Waals surface area (Å²) in [6.07, 6.45) is 0.163. The highest BCUT2D eigenvalue weighted by molar-refractivity contribution is 6.32. The third-order valence-corrected chi connectivity index (χ3v) is 4.12. The number of nitriles is 1. The number of nitrogens with one attached hydrogen (secondary N) is 2. The van der Waals surface area contributed by atoms with Crippen molar-refractivity contribution >= 4 is 29.1 Å². The number of ether oxygens (including phenoxy) is 1. The van der Waals surface area contributed by atoms with E-state index < -0.39 is 0 Å². The molecule has 0 aliphatic rings. The first kappa shape index (κ1) is 19.3. The number of hydrogen-bond donors (Lipinski definition) is 2. The summed E-state index contributed by atoms with van der Waals surface area (Å²) in [5.41, 5.74) is 1.47. The van der Waals surface area contributed by atoms with Gasteiger partial charge in [-0.3, -0.25) is 4.79 Å². The lowest BCUT2D eigenvalue weighted by atomic mass is 10.2. The van der Waals surface area contributed by atoms with Crippen LogP contribution in [0.5, 0.6) is 5.75 Å². The molecule has 3 aromatic rings. The fourth-order valence-electron chi connectivity index (χ4n) is 2.48. The molecule has 1 aromatic heterocycles. The zero-order valence-electron chi connectivity index (χ0n) is 15.0. The van der Waals surface area contributed by atoms with Crippen LogP contribution in [0, 0.1) is 11.3 Å². The van der Waals surface area contributed by atoms with E-state index >= 15 is 0 Å². The molecule has 142 valence electrons. The second kappa shape index (κ2) is 8.93. The molecule has 0 saturated carbocycles. The molecule has 0 spiro atoms. The van der Waals surface area contributed by atoms with Crippen LogP contribution in [0.15, 0.2) is 52.9 Å². The first-order valence-electron chi connectivity index (χ1n) is 8.44. The van der Waals surface area contributed by atoms with Gasteiger partial charge in [0.1, 0.15) is 11.8 Å². The SMILES string of the molecule is COc1ccc(NC(=O)CCNc2oc(-c3ccccc3)nc2C#N)cc1Cl. The summed E-state index contributed by atoms with van der Waals surface area (Å²) in [6, 6.07) is 16.2. The summed E-state index contributed by atoms with van der Waals surface area (Å²) in [7, 11) is 1.52. The third kappa shape index (κ3) is 4.61. The van der Waals surface area contributed by atoms with Gasteiger partial charge in [-0.1, -0.05) is 29.8 Å². The standard InChI is InChI=1S/C20H17ClN4O3/c1-27-17-8-7-14(11-15(17)21)24-18(26)9-10-23-20-16(12-22)25-19(28-20)13-5-3-2-4-6-13/h2-8,11,23H,9-10H2,1H3,(H,24,26). The van der Waals surface area contributed by atoms with Gasteiger partial charge >= 0.3 is 0 Å². The molecule has 0 aliphatic heterocycles. The molecular weight excluding hydrogens is 380 g/mol. The van der Waals surface area contributed by atoms with Gasteiger partial charge in [-0.15, -0.1) is 0 Å². The Morgan fingerprint density at radius 3 is 2.75 bits per heavy atom. The van der Waals surface area contributed by atoms with Gasteiger partial charge in [-0.25, -0.2) is 0 Å². The van der Waals surface area contributed by atoms with E-state index in [1.165, 1.54) is 7.11 Å². The lowest BCUT2D eigenvalue weighted by Crippen LogP contribution is -2.16. The Bertz CT molecular complexity index is 1010. The molecule has 1 amide bonds. The summed E-state index contributed by atoms with van der Waals surface area (Å²) in [5.74, 6) is 0.901. The summed E-state index contributed by atoms with van der Waals surface area (Å²) in [4.78, 5) is 16.3. The predicted octanol–water partition coefficient (Wildman–Crippen LogP) is 4.32. The topological polar surface area (TPSA) is 100 Å². The number of rotatable bonds is 7. The van der Waals surface area contributed by atoms with Crippen molar-refractivity contribution in [3.8, 4) is 23.3 Å². The van der Waals surface area contributed by atoms with Gasteiger partial charge in [0.05, 0.1) is 12.1 Å². The number of methoxy groups -OCH3 is 1. The number of carbonyl (C=O) groups excluding carboxylic acids is 1. The highest BCUT2D eigenvalue weighted by Crippen LogP contribution is 2.27. The third-order valence-electron chi connectivity index (χ3n) is 3.83. The molecule has 1 heterocycles. The summed E-state index contributed by atoms with van der Waals surface area (Å²) >= 11 is 6.04. The van der Waals surface area contributed by atoms with Crippen molar-refractivity contribution in [1.82, 2.24) is 4.98 Å². The number of benzene rings is 2. The molecule has 8 heteroatoms. The van der Waals surface area contributed by atoms with Crippen LogP contribution in [-0.4, -0.2) is 24.5 Å². The maximum Gasteiger partial charge on any atom is 0.232 e. The molecule has 2 N–H and O–H groups in total. The molecule has 0 unspecified atom stereocenters. The highest BCUT2D eigenvalue weighted by atomic mass is 35.5. The maximum absolute atomic E-state index is 12.1. The van der Waals surface area contributed by atoms with Gasteiger partial charge < -0.3 is 19.8 Å². The second-order valence-electron chi connectivity index (χ2n) is 5.75. The molecule has 0 aliphatic carbocycles. The van der Waals surface area contributed by atoms with Crippen LogP contribution in [-0.2, 0) is 4.79 Å². The van der Waals surface area contributed by atoms with E-state index in [2.05, 4.69) is 15.6 Å². The molecule has 2 aromatic carbocycles. The Balaban J connectivity index is 1.57. The van der Waals surface area contributed by atoms with Crippen LogP contribution in [0.3, 0.4) is 0 Å². The minimum absolute atomic E-state index is 0.140. The van der Waals surface area contributed by atoms with Crippen molar-refractivity contribution in [2.24, 2.45) is 0 Å². The van der Waals surface area contributed by atoms with Crippen LogP contribution in [0.2, 0.25) is 5.02 Å². The quantitative estimate of drug-likeness (QED) is 0.617. The normalized spacial score (nSPS) is 10.2. The molecule has 0 radical (unpaired) electrons. The average molecular weight is 397 g/mol. The number of hydrogen-bond acceptors (Lipinski definition) is 6. The van der Waals surface area contributed by atoms with E-state index in [4.69, 9.17) is 20.8 Å². The summed E-state index contributed by atoms with van der Waals surface area (Å²) in [6.45, 7) is 0.272. The van der Waals surface area contributed by atoms with Crippen LogP contribution < -0.4 is 15.4 Å². The Hall–Kier alpha value is -3.50. The van der Waals surface area contributed by atoms with Crippen molar-refractivity contribution in [2.75, 3.05) is 24.3 Å². The zero-order chi connectivity index (χ0) is 19.9. The van der Waals surface area contributed by atoms with Gasteiger partial charge in [0, 0.05) is 24.2 Å². The van der Waals surface area contributed by atoms with Gasteiger partial charge in [-0.2, -0.15) is 10.2 Å². The number of aromatic nitrogens is 1. The van der Waals surface area contributed by atoms with E-state index in [0.717, 1.165) is 5.56 Å². The van der Waals surface area contributed by atoms with Crippen LogP contribution in [0.1, 0.15) is 12.1 Å². The first-order chi connectivity index (χ1) is 13.6. The fraction of sp³-hybridized carbons (Fsp3) is 0.150. The molecule has 3 rings (SSSR count). The van der Waals surface area contributed by atoms with Gasteiger partial charge in [0.15, 0.2) is 0 Å². The van der Waals surface area contributed by atoms with Crippen molar-refractivity contribution < 1.29 is 13.9 Å². The number of nitrogens with zero attached hydrogens (tertiary/aromatic N) is 2. The number of halogens is 1. The Labute approximate surface area is 166 Å². The van der Waals surface area contributed by atoms with E-state index in [1.54, 1.807) is 18.2 Å². The average Bonchev–Trinajstić information content (AvgIpc) is 3.12. The van der Waals surface area contributed by atoms with Crippen LogP contribution in [0.25, 0.3) is 11.5 Å². The van der Waals surface area contributed by atoms with Crippen molar-refractivity contribution in [3.05, 3.63) is 59.2 Å². The van der Waals surface area contributed by atoms with Crippen molar-refractivity contribution in [2.45, 2.75) is 6.42 Å². The zero-order valence-corrected chi connectivity index (χ0v) is 15.8. The summed E-state index contributed by atoms with van der Waals surface area (Å²) < 4.78 is 10.7. The van der Waals surface area contributed by atoms with E-state index in [0.29, 0.717) is 22.4 Å². The molecule has 0 saturated heterocycles. The number of oxazole rings is 1. The lowest BCUT2D eigenvalue weighted by molar-refractivity contribution is -0.115. The van der Waals surface area contributed by atoms with Gasteiger partial charge in [-0.05, 0) is 30.3 Å². The molecular formula is C20H17ClN4O3. The smallest absolute Gasteiger partial charge is 0.232 e. The van der Waals surface area contributed by atoms with Crippen LogP contribution >= 0.6 is 11.6 Å². The molecule has 28 heavy (non-hydrogen) atoms. The monoisotopic (exact) mass is 396 g/mol. The Morgan fingerprint density at radius 2 is 2.07 bits per heavy atom. The van der Waals surface area contributed by atoms with E-state index in [9.17, 15) is 10.1 Å². The van der Waals surface area contributed by atoms with E-state index in [-0.39, 0.29) is 30.5 Å². The highest BCUT2D eigenvalue weighted by Gasteiger charge is 2.14. The van der Waals surface area contributed by atoms with Gasteiger partial charge in [0.2, 0.25) is 23.4 Å². The van der Waals surface area contributed by atoms with Crippen LogP contribution in [0.4, 0.5) is 11.6 Å².